The number of benzene rings is 3. The van der Waals surface area contributed by atoms with Gasteiger partial charge in [-0.25, -0.2) is 9.37 Å². The number of amides is 2. The van der Waals surface area contributed by atoms with Gasteiger partial charge >= 0.3 is 0 Å². The van der Waals surface area contributed by atoms with Crippen LogP contribution in [0.1, 0.15) is 17.5 Å². The van der Waals surface area contributed by atoms with E-state index in [9.17, 15) is 14.0 Å². The molecule has 2 amide bonds. The average Bonchev–Trinajstić information content (AvgIpc) is 3.57. The van der Waals surface area contributed by atoms with Gasteiger partial charge in [-0.2, -0.15) is 0 Å². The van der Waals surface area contributed by atoms with Gasteiger partial charge in [-0.15, -0.1) is 21.5 Å². The zero-order valence-corrected chi connectivity index (χ0v) is 23.7. The molecule has 0 saturated heterocycles. The van der Waals surface area contributed by atoms with Gasteiger partial charge in [0.25, 0.3) is 0 Å². The van der Waals surface area contributed by atoms with Gasteiger partial charge in [0.1, 0.15) is 5.82 Å². The van der Waals surface area contributed by atoms with Crippen molar-refractivity contribution in [2.24, 2.45) is 0 Å². The van der Waals surface area contributed by atoms with Crippen molar-refractivity contribution in [3.8, 4) is 0 Å². The molecule has 12 heteroatoms. The van der Waals surface area contributed by atoms with Gasteiger partial charge in [0.05, 0.1) is 16.0 Å². The van der Waals surface area contributed by atoms with Gasteiger partial charge < -0.3 is 5.32 Å². The van der Waals surface area contributed by atoms with Crippen molar-refractivity contribution in [2.45, 2.75) is 27.3 Å². The fraction of sp³-hybridized carbons (Fsp3) is 0.148. The van der Waals surface area contributed by atoms with Crippen LogP contribution < -0.4 is 10.6 Å². The highest BCUT2D eigenvalue weighted by Gasteiger charge is 2.12. The average molecular weight is 596 g/mol. The van der Waals surface area contributed by atoms with Crippen LogP contribution in [0.25, 0.3) is 10.2 Å². The summed E-state index contributed by atoms with van der Waals surface area (Å²) in [5.74, 6) is 0.312. The number of nitrogens with one attached hydrogen (secondary N) is 2. The molecule has 0 bridgehead atoms. The van der Waals surface area contributed by atoms with Crippen LogP contribution >= 0.6 is 46.2 Å². The lowest BCUT2D eigenvalue weighted by atomic mass is 10.1. The summed E-state index contributed by atoms with van der Waals surface area (Å²) in [6, 6.07) is 21.8. The van der Waals surface area contributed by atoms with Crippen molar-refractivity contribution in [1.82, 2.24) is 15.2 Å². The summed E-state index contributed by atoms with van der Waals surface area (Å²) in [4.78, 5) is 29.4. The predicted molar refractivity (Wildman–Crippen MR) is 158 cm³/mol. The van der Waals surface area contributed by atoms with Crippen molar-refractivity contribution < 1.29 is 14.0 Å². The lowest BCUT2D eigenvalue weighted by Gasteiger charge is -2.05. The molecule has 7 nitrogen and oxygen atoms in total. The zero-order valence-electron chi connectivity index (χ0n) is 20.4. The lowest BCUT2D eigenvalue weighted by molar-refractivity contribution is -0.116. The zero-order chi connectivity index (χ0) is 27.0. The third kappa shape index (κ3) is 8.09. The molecule has 0 spiro atoms. The summed E-state index contributed by atoms with van der Waals surface area (Å²) in [5, 5.41) is 14.3. The quantitative estimate of drug-likeness (QED) is 0.127. The van der Waals surface area contributed by atoms with E-state index in [0.717, 1.165) is 35.7 Å². The largest absolute Gasteiger partial charge is 0.326 e. The molecule has 0 aliphatic rings. The van der Waals surface area contributed by atoms with Crippen LogP contribution in [-0.2, 0) is 21.8 Å². The maximum atomic E-state index is 13.0. The van der Waals surface area contributed by atoms with E-state index in [-0.39, 0.29) is 23.4 Å². The number of hydrogen-bond acceptors (Lipinski definition) is 9. The minimum atomic E-state index is -0.267. The Morgan fingerprint density at radius 2 is 1.64 bits per heavy atom. The van der Waals surface area contributed by atoms with Gasteiger partial charge in [0.15, 0.2) is 8.68 Å². The fourth-order valence-electron chi connectivity index (χ4n) is 3.50. The molecule has 2 aromatic heterocycles. The highest BCUT2D eigenvalue weighted by Crippen LogP contribution is 2.32. The summed E-state index contributed by atoms with van der Waals surface area (Å²) >= 11 is 5.59. The van der Waals surface area contributed by atoms with E-state index in [4.69, 9.17) is 0 Å². The van der Waals surface area contributed by atoms with E-state index < -0.39 is 0 Å². The number of rotatable bonds is 11. The molecule has 2 N–H and O–H groups in total. The van der Waals surface area contributed by atoms with Crippen LogP contribution in [0.5, 0.6) is 0 Å². The maximum Gasteiger partial charge on any atom is 0.236 e. The van der Waals surface area contributed by atoms with Crippen LogP contribution in [0.2, 0.25) is 0 Å². The number of carbonyl (C=O) groups excluding carboxylic acids is 2. The van der Waals surface area contributed by atoms with Crippen LogP contribution in [-0.4, -0.2) is 32.7 Å². The molecule has 0 fully saturated rings. The molecule has 5 rings (SSSR count). The maximum absolute atomic E-state index is 13.0. The Kier molecular flexibility index (Phi) is 9.19. The van der Waals surface area contributed by atoms with Crippen LogP contribution in [0.4, 0.5) is 15.2 Å². The van der Waals surface area contributed by atoms with Crippen molar-refractivity contribution in [2.75, 3.05) is 16.4 Å². The third-order valence-corrected chi connectivity index (χ3v) is 9.60. The number of fused-ring (bicyclic) bond motifs is 1. The second-order valence-corrected chi connectivity index (χ2v) is 12.8. The first-order valence-corrected chi connectivity index (χ1v) is 15.5. The standard InChI is InChI=1S/C27H22FN5O2S4/c28-19-9-6-18(7-10-19)15-36-27-33-32-25(39-27)31-24(35)16-37-26-30-21-12-11-20(14-22(21)38-26)29-23(34)13-8-17-4-2-1-3-5-17/h1-7,9-12,14H,8,13,15-16H2,(H,29,34)(H,31,32,35). The Labute approximate surface area is 240 Å². The fourth-order valence-corrected chi connectivity index (χ4v) is 7.13. The Morgan fingerprint density at radius 1 is 0.821 bits per heavy atom. The van der Waals surface area contributed by atoms with Gasteiger partial charge in [0.2, 0.25) is 16.9 Å². The minimum absolute atomic E-state index is 0.0392. The number of aromatic nitrogens is 3. The molecule has 0 unspecified atom stereocenters. The van der Waals surface area contributed by atoms with E-state index in [2.05, 4.69) is 25.8 Å². The van der Waals surface area contributed by atoms with E-state index in [1.54, 1.807) is 12.1 Å². The molecule has 0 atom stereocenters. The monoisotopic (exact) mass is 595 g/mol. The summed E-state index contributed by atoms with van der Waals surface area (Å²) in [6.45, 7) is 0. The normalized spacial score (nSPS) is 11.0. The number of thiazole rings is 1. The molecule has 0 radical (unpaired) electrons. The number of nitrogens with zero attached hydrogens (tertiary/aromatic N) is 3. The van der Waals surface area contributed by atoms with E-state index in [1.165, 1.54) is 58.3 Å². The van der Waals surface area contributed by atoms with Gasteiger partial charge in [-0.1, -0.05) is 77.3 Å². The molecule has 0 saturated carbocycles. The molecule has 198 valence electrons. The minimum Gasteiger partial charge on any atom is -0.326 e. The number of halogens is 1. The molecule has 39 heavy (non-hydrogen) atoms. The molecule has 0 aliphatic heterocycles. The van der Waals surface area contributed by atoms with Crippen molar-refractivity contribution in [3.05, 3.63) is 89.7 Å². The van der Waals surface area contributed by atoms with Gasteiger partial charge in [0, 0.05) is 17.9 Å². The summed E-state index contributed by atoms with van der Waals surface area (Å²) < 4.78 is 15.5. The third-order valence-electron chi connectivity index (χ3n) is 5.39. The second-order valence-electron chi connectivity index (χ2n) is 8.32. The van der Waals surface area contributed by atoms with Crippen molar-refractivity contribution in [1.29, 1.82) is 0 Å². The van der Waals surface area contributed by atoms with Crippen molar-refractivity contribution >= 4 is 79.0 Å². The summed E-state index contributed by atoms with van der Waals surface area (Å²) in [6.07, 6.45) is 1.09. The number of carbonyl (C=O) groups is 2. The van der Waals surface area contributed by atoms with Gasteiger partial charge in [-0.05, 0) is 47.9 Å². The topological polar surface area (TPSA) is 96.9 Å². The molecule has 2 heterocycles. The van der Waals surface area contributed by atoms with E-state index in [1.807, 2.05) is 48.5 Å². The highest BCUT2D eigenvalue weighted by molar-refractivity contribution is 8.01. The smallest absolute Gasteiger partial charge is 0.236 e. The number of aryl methyl sites for hydroxylation is 1. The van der Waals surface area contributed by atoms with Crippen molar-refractivity contribution in [3.63, 3.8) is 0 Å². The first-order chi connectivity index (χ1) is 19.0. The summed E-state index contributed by atoms with van der Waals surface area (Å²) in [5.41, 5.74) is 3.65. The summed E-state index contributed by atoms with van der Waals surface area (Å²) in [7, 11) is 0. The van der Waals surface area contributed by atoms with Crippen LogP contribution in [0.3, 0.4) is 0 Å². The number of hydrogen-bond donors (Lipinski definition) is 2. The number of thioether (sulfide) groups is 2. The Morgan fingerprint density at radius 3 is 2.46 bits per heavy atom. The molecule has 3 aromatic carbocycles. The highest BCUT2D eigenvalue weighted by atomic mass is 32.2. The predicted octanol–water partition coefficient (Wildman–Crippen LogP) is 6.88. The molecule has 0 aliphatic carbocycles. The lowest BCUT2D eigenvalue weighted by Crippen LogP contribution is -2.13. The Balaban J connectivity index is 1.08. The van der Waals surface area contributed by atoms with Crippen LogP contribution in [0.15, 0.2) is 81.5 Å². The van der Waals surface area contributed by atoms with E-state index in [0.29, 0.717) is 23.7 Å². The Bertz CT molecular complexity index is 1570. The second kappa shape index (κ2) is 13.2. The molecular weight excluding hydrogens is 574 g/mol. The Hall–Kier alpha value is -3.32. The molecular formula is C27H22FN5O2S4. The SMILES string of the molecule is O=C(CCc1ccccc1)Nc1ccc2nc(SCC(=O)Nc3nnc(SCc4ccc(F)cc4)s3)sc2c1. The number of anilines is 2. The molecule has 5 aromatic rings. The first-order valence-electron chi connectivity index (χ1n) is 11.9. The van der Waals surface area contributed by atoms with E-state index >= 15 is 0 Å². The van der Waals surface area contributed by atoms with Gasteiger partial charge in [-0.3, -0.25) is 14.9 Å². The van der Waals surface area contributed by atoms with Crippen LogP contribution in [0, 0.1) is 5.82 Å². The first kappa shape index (κ1) is 27.3.